The summed E-state index contributed by atoms with van der Waals surface area (Å²) in [7, 11) is -0.178. The van der Waals surface area contributed by atoms with E-state index in [1.807, 2.05) is 0 Å². The minimum atomic E-state index is -3.15. The molecular formula is C20H20Cl3N3O4S. The summed E-state index contributed by atoms with van der Waals surface area (Å²) < 4.78 is 34.4. The third-order valence-corrected chi connectivity index (χ3v) is 7.32. The lowest BCUT2D eigenvalue weighted by atomic mass is 10.1. The van der Waals surface area contributed by atoms with Gasteiger partial charge in [-0.15, -0.1) is 0 Å². The number of pyridine rings is 2. The number of rotatable bonds is 8. The molecule has 2 heterocycles. The van der Waals surface area contributed by atoms with Crippen LogP contribution in [-0.4, -0.2) is 50.7 Å². The first-order valence-corrected chi connectivity index (χ1v) is 12.2. The molecule has 0 aliphatic heterocycles. The molecule has 0 fully saturated rings. The van der Waals surface area contributed by atoms with Gasteiger partial charge in [0.1, 0.15) is 22.5 Å². The Morgan fingerprint density at radius 3 is 2.26 bits per heavy atom. The largest absolute Gasteiger partial charge is 0.495 e. The quantitative estimate of drug-likeness (QED) is 0.426. The number of nitrogens with one attached hydrogen (secondary N) is 1. The smallest absolute Gasteiger partial charge is 0.151 e. The molecule has 0 saturated carbocycles. The Bertz CT molecular complexity index is 1210. The van der Waals surface area contributed by atoms with E-state index in [9.17, 15) is 8.42 Å². The second-order valence-corrected chi connectivity index (χ2v) is 10.1. The summed E-state index contributed by atoms with van der Waals surface area (Å²) in [6.07, 6.45) is 1.59. The van der Waals surface area contributed by atoms with Crippen molar-refractivity contribution in [2.45, 2.75) is 6.92 Å². The van der Waals surface area contributed by atoms with Crippen LogP contribution < -0.4 is 14.8 Å². The van der Waals surface area contributed by atoms with Crippen molar-refractivity contribution >= 4 is 61.2 Å². The molecule has 3 rings (SSSR count). The molecule has 2 aromatic heterocycles. The molecule has 0 spiro atoms. The minimum Gasteiger partial charge on any atom is -0.495 e. The van der Waals surface area contributed by atoms with Crippen LogP contribution in [0.3, 0.4) is 0 Å². The van der Waals surface area contributed by atoms with Crippen molar-refractivity contribution in [2.75, 3.05) is 37.6 Å². The zero-order chi connectivity index (χ0) is 22.8. The second kappa shape index (κ2) is 9.65. The Morgan fingerprint density at radius 2 is 1.68 bits per heavy atom. The standard InChI is InChI=1S/C20H20Cl3N3O4S/c1-4-31(27,28)6-5-24-20-12-8-16(21)25-10-11(12)7-13(26-20)17-18(22)14(29-2)9-15(30-3)19(17)23/h7-10H,4-6H2,1-3H3,(H,24,26). The van der Waals surface area contributed by atoms with Gasteiger partial charge in [0.25, 0.3) is 0 Å². The molecule has 0 aliphatic rings. The molecule has 1 N–H and O–H groups in total. The van der Waals surface area contributed by atoms with Crippen LogP contribution in [0.15, 0.2) is 24.4 Å². The van der Waals surface area contributed by atoms with Crippen LogP contribution in [-0.2, 0) is 9.84 Å². The van der Waals surface area contributed by atoms with Gasteiger partial charge in [0, 0.05) is 40.9 Å². The molecule has 0 saturated heterocycles. The zero-order valence-corrected chi connectivity index (χ0v) is 20.1. The molecule has 0 amide bonds. The number of anilines is 1. The fourth-order valence-electron chi connectivity index (χ4n) is 2.96. The van der Waals surface area contributed by atoms with Crippen molar-refractivity contribution in [1.82, 2.24) is 9.97 Å². The van der Waals surface area contributed by atoms with Gasteiger partial charge >= 0.3 is 0 Å². The lowest BCUT2D eigenvalue weighted by Crippen LogP contribution is -2.17. The number of benzene rings is 1. The Morgan fingerprint density at radius 1 is 1.03 bits per heavy atom. The summed E-state index contributed by atoms with van der Waals surface area (Å²) in [5.74, 6) is 1.20. The molecule has 0 unspecified atom stereocenters. The van der Waals surface area contributed by atoms with Crippen LogP contribution in [0.5, 0.6) is 11.5 Å². The number of nitrogens with zero attached hydrogens (tertiary/aromatic N) is 2. The van der Waals surface area contributed by atoms with Crippen molar-refractivity contribution in [3.8, 4) is 22.8 Å². The Kier molecular flexibility index (Phi) is 7.36. The third kappa shape index (κ3) is 5.09. The second-order valence-electron chi connectivity index (χ2n) is 6.53. The van der Waals surface area contributed by atoms with Gasteiger partial charge in [-0.05, 0) is 12.1 Å². The Hall–Kier alpha value is -2.00. The molecule has 0 radical (unpaired) electrons. The van der Waals surface area contributed by atoms with Gasteiger partial charge < -0.3 is 14.8 Å². The number of hydrogen-bond donors (Lipinski definition) is 1. The molecule has 31 heavy (non-hydrogen) atoms. The molecule has 0 bridgehead atoms. The number of aromatic nitrogens is 2. The highest BCUT2D eigenvalue weighted by Gasteiger charge is 2.21. The van der Waals surface area contributed by atoms with E-state index in [1.165, 1.54) is 14.2 Å². The summed E-state index contributed by atoms with van der Waals surface area (Å²) in [5, 5.41) is 5.29. The van der Waals surface area contributed by atoms with Crippen molar-refractivity contribution in [3.05, 3.63) is 39.6 Å². The number of sulfone groups is 1. The maximum absolute atomic E-state index is 11.9. The van der Waals surface area contributed by atoms with Gasteiger partial charge in [-0.25, -0.2) is 18.4 Å². The molecule has 166 valence electrons. The molecular weight excluding hydrogens is 485 g/mol. The van der Waals surface area contributed by atoms with E-state index < -0.39 is 9.84 Å². The fraction of sp³-hybridized carbons (Fsp3) is 0.300. The van der Waals surface area contributed by atoms with Crippen LogP contribution in [0.2, 0.25) is 15.2 Å². The van der Waals surface area contributed by atoms with Crippen molar-refractivity contribution < 1.29 is 17.9 Å². The summed E-state index contributed by atoms with van der Waals surface area (Å²) in [4.78, 5) is 8.78. The van der Waals surface area contributed by atoms with E-state index in [1.54, 1.807) is 31.3 Å². The zero-order valence-electron chi connectivity index (χ0n) is 17.0. The summed E-state index contributed by atoms with van der Waals surface area (Å²) in [5.41, 5.74) is 0.852. The first-order valence-electron chi connectivity index (χ1n) is 9.21. The number of methoxy groups -OCH3 is 2. The maximum atomic E-state index is 11.9. The van der Waals surface area contributed by atoms with Gasteiger partial charge in [0.05, 0.1) is 35.7 Å². The van der Waals surface area contributed by atoms with Crippen LogP contribution in [0.25, 0.3) is 22.0 Å². The first-order chi connectivity index (χ1) is 14.7. The maximum Gasteiger partial charge on any atom is 0.151 e. The molecule has 7 nitrogen and oxygen atoms in total. The molecule has 11 heteroatoms. The van der Waals surface area contributed by atoms with Crippen LogP contribution in [0.4, 0.5) is 5.82 Å². The third-order valence-electron chi connectivity index (χ3n) is 4.66. The number of hydrogen-bond acceptors (Lipinski definition) is 7. The highest BCUT2D eigenvalue weighted by Crippen LogP contribution is 2.46. The number of halogens is 3. The van der Waals surface area contributed by atoms with Gasteiger partial charge in [-0.1, -0.05) is 41.7 Å². The van der Waals surface area contributed by atoms with E-state index in [-0.39, 0.29) is 33.2 Å². The topological polar surface area (TPSA) is 90.4 Å². The predicted molar refractivity (Wildman–Crippen MR) is 126 cm³/mol. The highest BCUT2D eigenvalue weighted by molar-refractivity contribution is 7.91. The van der Waals surface area contributed by atoms with Crippen molar-refractivity contribution in [3.63, 3.8) is 0 Å². The molecule has 0 atom stereocenters. The summed E-state index contributed by atoms with van der Waals surface area (Å²) in [6.45, 7) is 1.78. The van der Waals surface area contributed by atoms with Crippen LogP contribution in [0.1, 0.15) is 6.92 Å². The lowest BCUT2D eigenvalue weighted by molar-refractivity contribution is 0.395. The lowest BCUT2D eigenvalue weighted by Gasteiger charge is -2.16. The average molecular weight is 505 g/mol. The van der Waals surface area contributed by atoms with E-state index in [0.29, 0.717) is 39.3 Å². The van der Waals surface area contributed by atoms with Gasteiger partial charge in [0.15, 0.2) is 9.84 Å². The van der Waals surface area contributed by atoms with Gasteiger partial charge in [-0.2, -0.15) is 0 Å². The average Bonchev–Trinajstić information content (AvgIpc) is 2.74. The molecule has 0 aliphatic carbocycles. The molecule has 1 aromatic carbocycles. The summed E-state index contributed by atoms with van der Waals surface area (Å²) >= 11 is 19.2. The summed E-state index contributed by atoms with van der Waals surface area (Å²) in [6, 6.07) is 5.00. The van der Waals surface area contributed by atoms with Crippen molar-refractivity contribution in [1.29, 1.82) is 0 Å². The number of ether oxygens (including phenoxy) is 2. The predicted octanol–water partition coefficient (Wildman–Crippen LogP) is 5.12. The van der Waals surface area contributed by atoms with Crippen molar-refractivity contribution in [2.24, 2.45) is 0 Å². The Balaban J connectivity index is 2.18. The minimum absolute atomic E-state index is 0.0375. The van der Waals surface area contributed by atoms with E-state index in [2.05, 4.69) is 15.3 Å². The fourth-order valence-corrected chi connectivity index (χ4v) is 4.52. The highest BCUT2D eigenvalue weighted by atomic mass is 35.5. The van der Waals surface area contributed by atoms with E-state index in [0.717, 1.165) is 0 Å². The monoisotopic (exact) mass is 503 g/mol. The normalized spacial score (nSPS) is 11.5. The SMILES string of the molecule is CCS(=O)(=O)CCNc1nc(-c2c(Cl)c(OC)cc(OC)c2Cl)cc2cnc(Cl)cc12. The van der Waals surface area contributed by atoms with Crippen LogP contribution in [0, 0.1) is 0 Å². The molecule has 3 aromatic rings. The first kappa shape index (κ1) is 23.7. The van der Waals surface area contributed by atoms with Gasteiger partial charge in [-0.3, -0.25) is 0 Å². The number of fused-ring (bicyclic) bond motifs is 1. The van der Waals surface area contributed by atoms with Gasteiger partial charge in [0.2, 0.25) is 0 Å². The van der Waals surface area contributed by atoms with Crippen LogP contribution >= 0.6 is 34.8 Å². The van der Waals surface area contributed by atoms with E-state index in [4.69, 9.17) is 44.3 Å². The van der Waals surface area contributed by atoms with E-state index >= 15 is 0 Å². The Labute approximate surface area is 195 Å².